The molecule has 3 atom stereocenters. The van der Waals surface area contributed by atoms with Gasteiger partial charge in [0, 0.05) is 28.9 Å². The molecule has 0 fully saturated rings. The molecule has 0 bridgehead atoms. The Hall–Kier alpha value is -1.17. The van der Waals surface area contributed by atoms with Crippen molar-refractivity contribution < 1.29 is 18.9 Å². The number of carbonyl (C=O) groups excluding carboxylic acids is 1. The Labute approximate surface area is 109 Å². The van der Waals surface area contributed by atoms with Crippen molar-refractivity contribution >= 4 is 22.7 Å². The van der Waals surface area contributed by atoms with Gasteiger partial charge < -0.3 is 10.4 Å². The van der Waals surface area contributed by atoms with Gasteiger partial charge in [-0.2, -0.15) is 0 Å². The van der Waals surface area contributed by atoms with Gasteiger partial charge in [0.25, 0.3) is 0 Å². The molecule has 2 N–H and O–H groups in total. The Morgan fingerprint density at radius 2 is 1.94 bits per heavy atom. The minimum Gasteiger partial charge on any atom is -0.481 e. The largest absolute Gasteiger partial charge is 0.481 e. The SMILES string of the molecule is CCS(=O)CCNC(=O)C1CC=CCC1C(=O)O. The van der Waals surface area contributed by atoms with Crippen LogP contribution in [0.3, 0.4) is 0 Å². The molecular formula is C12H19NO4S. The first-order valence-electron chi connectivity index (χ1n) is 6.06. The van der Waals surface area contributed by atoms with Crippen LogP contribution in [0.2, 0.25) is 0 Å². The number of hydrogen-bond acceptors (Lipinski definition) is 3. The van der Waals surface area contributed by atoms with E-state index in [1.807, 2.05) is 13.0 Å². The van der Waals surface area contributed by atoms with E-state index in [4.69, 9.17) is 5.11 Å². The number of aliphatic carboxylic acids is 1. The molecule has 0 radical (unpaired) electrons. The molecule has 0 aliphatic heterocycles. The minimum atomic E-state index is -0.934. The van der Waals surface area contributed by atoms with Crippen LogP contribution in [0, 0.1) is 11.8 Å². The van der Waals surface area contributed by atoms with Crippen LogP contribution in [0.5, 0.6) is 0 Å². The lowest BCUT2D eigenvalue weighted by molar-refractivity contribution is -0.147. The molecule has 1 rings (SSSR count). The summed E-state index contributed by atoms with van der Waals surface area (Å²) >= 11 is 0. The van der Waals surface area contributed by atoms with E-state index >= 15 is 0 Å². The lowest BCUT2D eigenvalue weighted by Gasteiger charge is -2.24. The second kappa shape index (κ2) is 7.31. The van der Waals surface area contributed by atoms with Crippen molar-refractivity contribution in [1.29, 1.82) is 0 Å². The first kappa shape index (κ1) is 14.9. The number of hydrogen-bond donors (Lipinski definition) is 2. The third kappa shape index (κ3) is 4.25. The number of carboxylic acids is 1. The van der Waals surface area contributed by atoms with E-state index in [0.29, 0.717) is 30.9 Å². The maximum absolute atomic E-state index is 11.9. The van der Waals surface area contributed by atoms with Gasteiger partial charge in [0.1, 0.15) is 0 Å². The van der Waals surface area contributed by atoms with Gasteiger partial charge >= 0.3 is 5.97 Å². The lowest BCUT2D eigenvalue weighted by atomic mass is 9.82. The lowest BCUT2D eigenvalue weighted by Crippen LogP contribution is -2.40. The zero-order chi connectivity index (χ0) is 13.5. The molecular weight excluding hydrogens is 254 g/mol. The molecule has 3 unspecified atom stereocenters. The van der Waals surface area contributed by atoms with E-state index in [-0.39, 0.29) is 5.91 Å². The van der Waals surface area contributed by atoms with E-state index in [1.54, 1.807) is 6.08 Å². The van der Waals surface area contributed by atoms with Gasteiger partial charge in [0.05, 0.1) is 11.8 Å². The fraction of sp³-hybridized carbons (Fsp3) is 0.667. The van der Waals surface area contributed by atoms with Crippen LogP contribution < -0.4 is 5.32 Å². The zero-order valence-electron chi connectivity index (χ0n) is 10.4. The van der Waals surface area contributed by atoms with Crippen molar-refractivity contribution in [3.63, 3.8) is 0 Å². The molecule has 0 spiro atoms. The Bertz CT molecular complexity index is 367. The van der Waals surface area contributed by atoms with Gasteiger partial charge in [-0.25, -0.2) is 0 Å². The van der Waals surface area contributed by atoms with Crippen molar-refractivity contribution in [3.05, 3.63) is 12.2 Å². The van der Waals surface area contributed by atoms with E-state index in [2.05, 4.69) is 5.32 Å². The molecule has 18 heavy (non-hydrogen) atoms. The maximum Gasteiger partial charge on any atom is 0.307 e. The van der Waals surface area contributed by atoms with Gasteiger partial charge in [-0.05, 0) is 12.8 Å². The number of allylic oxidation sites excluding steroid dienone is 2. The molecule has 0 aromatic carbocycles. The first-order chi connectivity index (χ1) is 8.56. The highest BCUT2D eigenvalue weighted by molar-refractivity contribution is 7.84. The molecule has 5 nitrogen and oxygen atoms in total. The van der Waals surface area contributed by atoms with Gasteiger partial charge in [0.2, 0.25) is 5.91 Å². The number of amides is 1. The molecule has 0 aromatic rings. The van der Waals surface area contributed by atoms with Crippen LogP contribution in [-0.4, -0.2) is 39.2 Å². The molecule has 0 heterocycles. The zero-order valence-corrected chi connectivity index (χ0v) is 11.2. The van der Waals surface area contributed by atoms with Crippen molar-refractivity contribution in [2.24, 2.45) is 11.8 Å². The Balaban J connectivity index is 2.46. The van der Waals surface area contributed by atoms with Crippen LogP contribution in [0.15, 0.2) is 12.2 Å². The Kier molecular flexibility index (Phi) is 6.04. The second-order valence-corrected chi connectivity index (χ2v) is 6.08. The van der Waals surface area contributed by atoms with Gasteiger partial charge in [-0.3, -0.25) is 13.8 Å². The monoisotopic (exact) mass is 273 g/mol. The van der Waals surface area contributed by atoms with Crippen molar-refractivity contribution in [3.8, 4) is 0 Å². The summed E-state index contributed by atoms with van der Waals surface area (Å²) in [6.45, 7) is 2.16. The standard InChI is InChI=1S/C12H19NO4S/c1-2-18(17)8-7-13-11(14)9-5-3-4-6-10(9)12(15)16/h3-4,9-10H,2,5-8H2,1H3,(H,13,14)(H,15,16). The summed E-state index contributed by atoms with van der Waals surface area (Å²) in [5.74, 6) is -1.35. The number of nitrogens with one attached hydrogen (secondary N) is 1. The fourth-order valence-corrected chi connectivity index (χ4v) is 2.56. The molecule has 102 valence electrons. The predicted octanol–water partition coefficient (Wildman–Crippen LogP) is 0.538. The molecule has 1 aliphatic rings. The molecule has 0 saturated carbocycles. The molecule has 6 heteroatoms. The van der Waals surface area contributed by atoms with Crippen molar-refractivity contribution in [1.82, 2.24) is 5.32 Å². The van der Waals surface area contributed by atoms with Crippen LogP contribution in [0.4, 0.5) is 0 Å². The van der Waals surface area contributed by atoms with E-state index in [9.17, 15) is 13.8 Å². The predicted molar refractivity (Wildman–Crippen MR) is 69.5 cm³/mol. The smallest absolute Gasteiger partial charge is 0.307 e. The van der Waals surface area contributed by atoms with E-state index < -0.39 is 28.6 Å². The number of carboxylic acid groups (broad SMARTS) is 1. The highest BCUT2D eigenvalue weighted by Crippen LogP contribution is 2.25. The fourth-order valence-electron chi connectivity index (χ4n) is 1.94. The summed E-state index contributed by atoms with van der Waals surface area (Å²) in [4.78, 5) is 22.9. The van der Waals surface area contributed by atoms with Gasteiger partial charge in [-0.15, -0.1) is 0 Å². The average Bonchev–Trinajstić information content (AvgIpc) is 2.38. The van der Waals surface area contributed by atoms with E-state index in [1.165, 1.54) is 0 Å². The second-order valence-electron chi connectivity index (χ2n) is 4.22. The topological polar surface area (TPSA) is 83.5 Å². The quantitative estimate of drug-likeness (QED) is 0.692. The summed E-state index contributed by atoms with van der Waals surface area (Å²) in [6.07, 6.45) is 4.50. The number of carbonyl (C=O) groups is 2. The molecule has 0 aromatic heterocycles. The van der Waals surface area contributed by atoms with E-state index in [0.717, 1.165) is 0 Å². The minimum absolute atomic E-state index is 0.250. The van der Waals surface area contributed by atoms with Gasteiger partial charge in [0.15, 0.2) is 0 Å². The Morgan fingerprint density at radius 1 is 1.33 bits per heavy atom. The third-order valence-corrected chi connectivity index (χ3v) is 4.34. The highest BCUT2D eigenvalue weighted by Gasteiger charge is 2.33. The third-order valence-electron chi connectivity index (χ3n) is 3.04. The van der Waals surface area contributed by atoms with Crippen LogP contribution in [-0.2, 0) is 20.4 Å². The summed E-state index contributed by atoms with van der Waals surface area (Å²) < 4.78 is 11.2. The summed E-state index contributed by atoms with van der Waals surface area (Å²) in [7, 11) is -0.911. The molecule has 1 amide bonds. The summed E-state index contributed by atoms with van der Waals surface area (Å²) in [5.41, 5.74) is 0. The van der Waals surface area contributed by atoms with Crippen molar-refractivity contribution in [2.75, 3.05) is 18.1 Å². The number of rotatable bonds is 6. The van der Waals surface area contributed by atoms with Crippen molar-refractivity contribution in [2.45, 2.75) is 19.8 Å². The highest BCUT2D eigenvalue weighted by atomic mass is 32.2. The summed E-state index contributed by atoms with van der Waals surface area (Å²) in [5, 5.41) is 11.7. The summed E-state index contributed by atoms with van der Waals surface area (Å²) in [6, 6.07) is 0. The van der Waals surface area contributed by atoms with Gasteiger partial charge in [-0.1, -0.05) is 19.1 Å². The average molecular weight is 273 g/mol. The first-order valence-corrected chi connectivity index (χ1v) is 7.55. The van der Waals surface area contributed by atoms with Crippen LogP contribution in [0.25, 0.3) is 0 Å². The molecule has 0 saturated heterocycles. The van der Waals surface area contributed by atoms with Crippen LogP contribution >= 0.6 is 0 Å². The Morgan fingerprint density at radius 3 is 2.50 bits per heavy atom. The normalized spacial score (nSPS) is 24.5. The van der Waals surface area contributed by atoms with Crippen LogP contribution in [0.1, 0.15) is 19.8 Å². The molecule has 1 aliphatic carbocycles. The maximum atomic E-state index is 11.9.